The Bertz CT molecular complexity index is 623. The average Bonchev–Trinajstić information content (AvgIpc) is 3.19. The molecule has 2 bridgehead atoms. The second kappa shape index (κ2) is 5.11. The molecule has 5 atom stereocenters. The van der Waals surface area contributed by atoms with Gasteiger partial charge in [0.25, 0.3) is 0 Å². The van der Waals surface area contributed by atoms with Crippen LogP contribution in [0, 0.1) is 23.7 Å². The fourth-order valence-corrected chi connectivity index (χ4v) is 5.19. The Balaban J connectivity index is 1.51. The number of carboxylic acids is 1. The van der Waals surface area contributed by atoms with Gasteiger partial charge in [-0.2, -0.15) is 0 Å². The highest BCUT2D eigenvalue weighted by atomic mass is 16.5. The largest absolute Gasteiger partial charge is 0.478 e. The van der Waals surface area contributed by atoms with E-state index in [-0.39, 0.29) is 17.2 Å². The van der Waals surface area contributed by atoms with Gasteiger partial charge in [-0.3, -0.25) is 0 Å². The van der Waals surface area contributed by atoms with Gasteiger partial charge in [-0.1, -0.05) is 18.6 Å². The number of carboxylic acid groups (broad SMARTS) is 1. The van der Waals surface area contributed by atoms with Crippen molar-refractivity contribution in [3.63, 3.8) is 0 Å². The molecule has 4 heteroatoms. The number of hydrogen-bond acceptors (Lipinski definition) is 3. The maximum absolute atomic E-state index is 12.4. The van der Waals surface area contributed by atoms with Crippen LogP contribution in [0.5, 0.6) is 0 Å². The zero-order chi connectivity index (χ0) is 15.3. The minimum Gasteiger partial charge on any atom is -0.478 e. The highest BCUT2D eigenvalue weighted by molar-refractivity contribution is 6.02. The summed E-state index contributed by atoms with van der Waals surface area (Å²) in [5, 5.41) is 9.20. The van der Waals surface area contributed by atoms with Crippen LogP contribution in [0.3, 0.4) is 0 Å². The minimum absolute atomic E-state index is 0.0151. The van der Waals surface area contributed by atoms with E-state index in [0.29, 0.717) is 11.8 Å². The molecule has 1 aromatic rings. The van der Waals surface area contributed by atoms with Crippen LogP contribution in [0.25, 0.3) is 0 Å². The molecule has 3 aliphatic carbocycles. The molecule has 4 rings (SSSR count). The Morgan fingerprint density at radius 3 is 2.50 bits per heavy atom. The van der Waals surface area contributed by atoms with Gasteiger partial charge in [0.05, 0.1) is 11.1 Å². The summed E-state index contributed by atoms with van der Waals surface area (Å²) in [6.45, 7) is 0. The van der Waals surface area contributed by atoms with Gasteiger partial charge in [0.2, 0.25) is 0 Å². The lowest BCUT2D eigenvalue weighted by Crippen LogP contribution is -2.32. The molecule has 3 aliphatic rings. The first-order valence-corrected chi connectivity index (χ1v) is 8.18. The zero-order valence-corrected chi connectivity index (χ0v) is 12.4. The highest BCUT2D eigenvalue weighted by Crippen LogP contribution is 2.59. The lowest BCUT2D eigenvalue weighted by atomic mass is 9.80. The van der Waals surface area contributed by atoms with Gasteiger partial charge >= 0.3 is 11.9 Å². The van der Waals surface area contributed by atoms with Crippen molar-refractivity contribution in [3.05, 3.63) is 35.4 Å². The van der Waals surface area contributed by atoms with E-state index in [0.717, 1.165) is 18.3 Å². The van der Waals surface area contributed by atoms with Crippen molar-refractivity contribution < 1.29 is 19.4 Å². The van der Waals surface area contributed by atoms with Gasteiger partial charge in [-0.15, -0.1) is 0 Å². The Morgan fingerprint density at radius 2 is 1.73 bits per heavy atom. The summed E-state index contributed by atoms with van der Waals surface area (Å²) in [5.41, 5.74) is 0.190. The topological polar surface area (TPSA) is 63.6 Å². The third-order valence-corrected chi connectivity index (χ3v) is 6.00. The second-order valence-corrected chi connectivity index (χ2v) is 6.95. The summed E-state index contributed by atoms with van der Waals surface area (Å²) in [7, 11) is 0. The van der Waals surface area contributed by atoms with Crippen LogP contribution >= 0.6 is 0 Å². The Labute approximate surface area is 129 Å². The first-order chi connectivity index (χ1) is 10.6. The van der Waals surface area contributed by atoms with Crippen molar-refractivity contribution in [2.45, 2.75) is 38.2 Å². The predicted molar refractivity (Wildman–Crippen MR) is 79.6 cm³/mol. The summed E-state index contributed by atoms with van der Waals surface area (Å²) in [6.07, 6.45) is 6.06. The minimum atomic E-state index is -1.09. The van der Waals surface area contributed by atoms with Crippen molar-refractivity contribution >= 4 is 11.9 Å². The molecule has 0 saturated heterocycles. The lowest BCUT2D eigenvalue weighted by molar-refractivity contribution is 0.00115. The fraction of sp³-hybridized carbons (Fsp3) is 0.556. The quantitative estimate of drug-likeness (QED) is 0.869. The lowest BCUT2D eigenvalue weighted by Gasteiger charge is -2.31. The number of fused-ring (bicyclic) bond motifs is 5. The third kappa shape index (κ3) is 2.04. The van der Waals surface area contributed by atoms with Gasteiger partial charge in [-0.25, -0.2) is 9.59 Å². The van der Waals surface area contributed by atoms with Crippen molar-refractivity contribution in [1.82, 2.24) is 0 Å². The van der Waals surface area contributed by atoms with Crippen LogP contribution in [0.1, 0.15) is 52.8 Å². The number of esters is 1. The fourth-order valence-electron chi connectivity index (χ4n) is 5.19. The molecule has 1 N–H and O–H groups in total. The summed E-state index contributed by atoms with van der Waals surface area (Å²) in [5.74, 6) is 1.22. The maximum atomic E-state index is 12.4. The number of hydrogen-bond donors (Lipinski definition) is 1. The molecule has 0 aliphatic heterocycles. The van der Waals surface area contributed by atoms with Crippen LogP contribution in [0.2, 0.25) is 0 Å². The van der Waals surface area contributed by atoms with E-state index in [9.17, 15) is 14.7 Å². The molecule has 0 radical (unpaired) electrons. The molecular weight excluding hydrogens is 280 g/mol. The van der Waals surface area contributed by atoms with E-state index in [1.165, 1.54) is 37.8 Å². The van der Waals surface area contributed by atoms with Crippen LogP contribution in [-0.2, 0) is 4.74 Å². The van der Waals surface area contributed by atoms with Gasteiger partial charge in [0, 0.05) is 0 Å². The predicted octanol–water partition coefficient (Wildman–Crippen LogP) is 3.37. The molecule has 0 aromatic heterocycles. The molecule has 4 nitrogen and oxygen atoms in total. The van der Waals surface area contributed by atoms with Crippen molar-refractivity contribution in [2.75, 3.05) is 0 Å². The Hall–Kier alpha value is -1.84. The maximum Gasteiger partial charge on any atom is 0.339 e. The molecular formula is C18H20O4. The summed E-state index contributed by atoms with van der Waals surface area (Å²) in [4.78, 5) is 23.6. The van der Waals surface area contributed by atoms with Crippen molar-refractivity contribution in [1.29, 1.82) is 0 Å². The van der Waals surface area contributed by atoms with Gasteiger partial charge in [0.1, 0.15) is 6.10 Å². The normalized spacial score (nSPS) is 35.4. The number of carbonyl (C=O) groups excluding carboxylic acids is 1. The Morgan fingerprint density at radius 1 is 1.00 bits per heavy atom. The number of aromatic carboxylic acids is 1. The summed E-state index contributed by atoms with van der Waals surface area (Å²) < 4.78 is 5.73. The van der Waals surface area contributed by atoms with Crippen LogP contribution in [0.4, 0.5) is 0 Å². The second-order valence-electron chi connectivity index (χ2n) is 6.95. The molecule has 3 saturated carbocycles. The van der Waals surface area contributed by atoms with Crippen molar-refractivity contribution in [3.8, 4) is 0 Å². The van der Waals surface area contributed by atoms with E-state index >= 15 is 0 Å². The van der Waals surface area contributed by atoms with Gasteiger partial charge in [0.15, 0.2) is 0 Å². The van der Waals surface area contributed by atoms with Crippen LogP contribution in [-0.4, -0.2) is 23.1 Å². The molecule has 3 fully saturated rings. The van der Waals surface area contributed by atoms with Crippen LogP contribution < -0.4 is 0 Å². The number of ether oxygens (including phenoxy) is 1. The van der Waals surface area contributed by atoms with Crippen molar-refractivity contribution in [2.24, 2.45) is 23.7 Å². The first-order valence-electron chi connectivity index (χ1n) is 8.18. The molecule has 0 heterocycles. The summed E-state index contributed by atoms with van der Waals surface area (Å²) >= 11 is 0. The number of carbonyl (C=O) groups is 2. The van der Waals surface area contributed by atoms with E-state index < -0.39 is 11.9 Å². The van der Waals surface area contributed by atoms with Gasteiger partial charge < -0.3 is 9.84 Å². The van der Waals surface area contributed by atoms with Crippen LogP contribution in [0.15, 0.2) is 24.3 Å². The SMILES string of the molecule is O=C(O)c1ccccc1C(=O)O[C@@H]1C[C@@H]2C[C@H]1[C@H]1CCC[C@@H]21. The van der Waals surface area contributed by atoms with E-state index in [1.807, 2.05) is 0 Å². The van der Waals surface area contributed by atoms with E-state index in [4.69, 9.17) is 4.74 Å². The average molecular weight is 300 g/mol. The third-order valence-electron chi connectivity index (χ3n) is 6.00. The molecule has 1 aromatic carbocycles. The summed E-state index contributed by atoms with van der Waals surface area (Å²) in [6, 6.07) is 6.29. The standard InChI is InChI=1S/C18H20O4/c19-17(20)13-4-1-2-5-14(13)18(21)22-16-9-10-8-15(16)12-7-3-6-11(10)12/h1-2,4-5,10-12,15-16H,3,6-9H2,(H,19,20)/t10-,11-,12-,15-,16+/m0/s1. The number of benzene rings is 1. The Kier molecular flexibility index (Phi) is 3.21. The monoisotopic (exact) mass is 300 g/mol. The zero-order valence-electron chi connectivity index (χ0n) is 12.4. The molecule has 0 amide bonds. The molecule has 0 spiro atoms. The number of rotatable bonds is 3. The first kappa shape index (κ1) is 13.8. The molecule has 116 valence electrons. The van der Waals surface area contributed by atoms with Gasteiger partial charge in [-0.05, 0) is 61.5 Å². The smallest absolute Gasteiger partial charge is 0.339 e. The van der Waals surface area contributed by atoms with E-state index in [1.54, 1.807) is 12.1 Å². The molecule has 22 heavy (non-hydrogen) atoms. The highest BCUT2D eigenvalue weighted by Gasteiger charge is 2.55. The molecule has 0 unspecified atom stereocenters. The van der Waals surface area contributed by atoms with E-state index in [2.05, 4.69) is 0 Å².